The van der Waals surface area contributed by atoms with Crippen molar-refractivity contribution in [1.29, 1.82) is 0 Å². The monoisotopic (exact) mass is 666 g/mol. The highest BCUT2D eigenvalue weighted by Gasteiger charge is 2.34. The van der Waals surface area contributed by atoms with E-state index in [-0.39, 0.29) is 35.6 Å². The van der Waals surface area contributed by atoms with Crippen molar-refractivity contribution in [3.05, 3.63) is 141 Å². The highest BCUT2D eigenvalue weighted by Crippen LogP contribution is 2.42. The molecule has 5 rings (SSSR count). The summed E-state index contributed by atoms with van der Waals surface area (Å²) >= 11 is 12.7. The lowest BCUT2D eigenvalue weighted by Gasteiger charge is -2.39. The number of aryl methyl sites for hydroxylation is 1. The Morgan fingerprint density at radius 2 is 1.49 bits per heavy atom. The number of carbonyl (C=O) groups is 1. The Morgan fingerprint density at radius 1 is 0.889 bits per heavy atom. The van der Waals surface area contributed by atoms with Crippen molar-refractivity contribution in [2.24, 2.45) is 0 Å². The van der Waals surface area contributed by atoms with Gasteiger partial charge in [0.25, 0.3) is 0 Å². The second-order valence-corrected chi connectivity index (χ2v) is 12.7. The van der Waals surface area contributed by atoms with Gasteiger partial charge in [-0.1, -0.05) is 96.0 Å². The summed E-state index contributed by atoms with van der Waals surface area (Å²) in [6.45, 7) is 4.87. The fraction of sp³-hybridized carbons (Fsp3) is 0.342. The maximum Gasteiger partial charge on any atom is 0.220 e. The van der Waals surface area contributed by atoms with Crippen LogP contribution in [0.25, 0.3) is 0 Å². The first-order valence-electron chi connectivity index (χ1n) is 15.7. The molecule has 0 aliphatic carbocycles. The second kappa shape index (κ2) is 16.6. The van der Waals surface area contributed by atoms with Crippen molar-refractivity contribution in [2.75, 3.05) is 19.6 Å². The fourth-order valence-corrected chi connectivity index (χ4v) is 7.11. The summed E-state index contributed by atoms with van der Waals surface area (Å²) in [5.74, 6) is -0.232. The van der Waals surface area contributed by atoms with Crippen LogP contribution in [0.15, 0.2) is 97.1 Å². The summed E-state index contributed by atoms with van der Waals surface area (Å²) in [6.07, 6.45) is 5.78. The summed E-state index contributed by atoms with van der Waals surface area (Å²) in [5.41, 5.74) is 5.99. The molecule has 0 bridgehead atoms. The van der Waals surface area contributed by atoms with E-state index in [1.54, 1.807) is 12.1 Å². The zero-order valence-electron chi connectivity index (χ0n) is 25.8. The van der Waals surface area contributed by atoms with Gasteiger partial charge in [-0.15, -0.1) is 12.4 Å². The predicted octanol–water partition coefficient (Wildman–Crippen LogP) is 9.77. The first-order valence-corrected chi connectivity index (χ1v) is 16.5. The lowest BCUT2D eigenvalue weighted by atomic mass is 9.68. The summed E-state index contributed by atoms with van der Waals surface area (Å²) in [5, 5.41) is 4.38. The van der Waals surface area contributed by atoms with Crippen LogP contribution in [0.3, 0.4) is 0 Å². The average Bonchev–Trinajstić information content (AvgIpc) is 3.05. The Hall–Kier alpha value is -2.89. The van der Waals surface area contributed by atoms with Crippen LogP contribution in [-0.4, -0.2) is 30.4 Å². The third-order valence-corrected chi connectivity index (χ3v) is 9.93. The van der Waals surface area contributed by atoms with E-state index in [1.807, 2.05) is 12.1 Å². The molecule has 1 atom stereocenters. The average molecular weight is 668 g/mol. The molecule has 0 fully saturated rings. The third kappa shape index (κ3) is 8.89. The van der Waals surface area contributed by atoms with Crippen molar-refractivity contribution in [3.63, 3.8) is 0 Å². The molecule has 45 heavy (non-hydrogen) atoms. The first kappa shape index (κ1) is 35.0. The Morgan fingerprint density at radius 3 is 2.13 bits per heavy atom. The fourth-order valence-electron chi connectivity index (χ4n) is 6.75. The smallest absolute Gasteiger partial charge is 0.220 e. The molecule has 3 nitrogen and oxygen atoms in total. The van der Waals surface area contributed by atoms with Crippen molar-refractivity contribution >= 4 is 41.5 Å². The maximum absolute atomic E-state index is 13.2. The van der Waals surface area contributed by atoms with Crippen LogP contribution in [0, 0.1) is 5.82 Å². The molecule has 0 aromatic heterocycles. The molecule has 4 aromatic rings. The van der Waals surface area contributed by atoms with Crippen LogP contribution >= 0.6 is 35.6 Å². The molecule has 0 saturated heterocycles. The number of amides is 1. The van der Waals surface area contributed by atoms with Gasteiger partial charge in [-0.3, -0.25) is 9.69 Å². The number of nitrogens with zero attached hydrogens (tertiary/aromatic N) is 1. The van der Waals surface area contributed by atoms with E-state index in [0.29, 0.717) is 29.4 Å². The number of hydrogen-bond donors (Lipinski definition) is 1. The van der Waals surface area contributed by atoms with Gasteiger partial charge in [0.15, 0.2) is 0 Å². The summed E-state index contributed by atoms with van der Waals surface area (Å²) in [4.78, 5) is 15.2. The topological polar surface area (TPSA) is 32.3 Å². The number of hydrogen-bond acceptors (Lipinski definition) is 2. The Labute approximate surface area is 283 Å². The van der Waals surface area contributed by atoms with E-state index < -0.39 is 0 Å². The normalized spacial score (nSPS) is 14.8. The number of carbonyl (C=O) groups excluding carboxylic acids is 1. The number of nitrogens with one attached hydrogen (secondary N) is 1. The van der Waals surface area contributed by atoms with Crippen molar-refractivity contribution in [1.82, 2.24) is 10.2 Å². The highest BCUT2D eigenvalue weighted by atomic mass is 35.5. The lowest BCUT2D eigenvalue weighted by Crippen LogP contribution is -2.36. The van der Waals surface area contributed by atoms with E-state index in [9.17, 15) is 9.18 Å². The SMILES string of the molecule is CC1c2cc(Cl)c(Cl)cc2CCN1CCCC(CCCNC(=O)CCc1ccc(F)cc1)(c1ccccc1)c1ccccc1.Cl. The molecule has 1 N–H and O–H groups in total. The summed E-state index contributed by atoms with van der Waals surface area (Å²) < 4.78 is 13.2. The molecule has 4 aromatic carbocycles. The Kier molecular flexibility index (Phi) is 12.9. The van der Waals surface area contributed by atoms with Crippen LogP contribution in [0.1, 0.15) is 72.9 Å². The minimum absolute atomic E-state index is 0. The van der Waals surface area contributed by atoms with Gasteiger partial charge in [0.1, 0.15) is 5.82 Å². The van der Waals surface area contributed by atoms with Crippen LogP contribution in [0.2, 0.25) is 10.0 Å². The maximum atomic E-state index is 13.2. The molecule has 0 radical (unpaired) electrons. The van der Waals surface area contributed by atoms with Crippen molar-refractivity contribution in [2.45, 2.75) is 63.3 Å². The highest BCUT2D eigenvalue weighted by molar-refractivity contribution is 6.42. The van der Waals surface area contributed by atoms with Gasteiger partial charge in [-0.25, -0.2) is 4.39 Å². The van der Waals surface area contributed by atoms with Gasteiger partial charge in [0.05, 0.1) is 10.0 Å². The number of fused-ring (bicyclic) bond motifs is 1. The molecule has 0 spiro atoms. The molecule has 0 saturated carbocycles. The third-order valence-electron chi connectivity index (χ3n) is 9.21. The van der Waals surface area contributed by atoms with Crippen LogP contribution in [-0.2, 0) is 23.1 Å². The number of rotatable bonds is 13. The van der Waals surface area contributed by atoms with Gasteiger partial charge in [-0.05, 0) is 104 Å². The van der Waals surface area contributed by atoms with Crippen LogP contribution < -0.4 is 5.32 Å². The molecular formula is C38H42Cl3FN2O. The largest absolute Gasteiger partial charge is 0.356 e. The zero-order chi connectivity index (χ0) is 30.9. The van der Waals surface area contributed by atoms with Crippen molar-refractivity contribution in [3.8, 4) is 0 Å². The number of benzene rings is 4. The van der Waals surface area contributed by atoms with Gasteiger partial charge < -0.3 is 5.32 Å². The van der Waals surface area contributed by atoms with E-state index in [2.05, 4.69) is 77.8 Å². The number of halogens is 4. The summed E-state index contributed by atoms with van der Waals surface area (Å²) in [7, 11) is 0. The predicted molar refractivity (Wildman–Crippen MR) is 187 cm³/mol. The molecule has 1 amide bonds. The van der Waals surface area contributed by atoms with Gasteiger partial charge in [0, 0.05) is 31.0 Å². The molecule has 1 heterocycles. The van der Waals surface area contributed by atoms with Crippen LogP contribution in [0.4, 0.5) is 4.39 Å². The van der Waals surface area contributed by atoms with E-state index in [4.69, 9.17) is 23.2 Å². The van der Waals surface area contributed by atoms with E-state index in [0.717, 1.165) is 50.8 Å². The Balaban J connectivity index is 0.00000461. The minimum atomic E-state index is -0.260. The second-order valence-electron chi connectivity index (χ2n) is 11.9. The Bertz CT molecular complexity index is 1480. The van der Waals surface area contributed by atoms with Gasteiger partial charge in [0.2, 0.25) is 5.91 Å². The minimum Gasteiger partial charge on any atom is -0.356 e. The molecular weight excluding hydrogens is 626 g/mol. The lowest BCUT2D eigenvalue weighted by molar-refractivity contribution is -0.121. The molecule has 238 valence electrons. The molecule has 1 unspecified atom stereocenters. The quantitative estimate of drug-likeness (QED) is 0.144. The molecule has 7 heteroatoms. The van der Waals surface area contributed by atoms with Gasteiger partial charge >= 0.3 is 0 Å². The zero-order valence-corrected chi connectivity index (χ0v) is 28.1. The van der Waals surface area contributed by atoms with E-state index in [1.165, 1.54) is 34.4 Å². The van der Waals surface area contributed by atoms with E-state index >= 15 is 0 Å². The molecule has 1 aliphatic rings. The van der Waals surface area contributed by atoms with Crippen molar-refractivity contribution < 1.29 is 9.18 Å². The van der Waals surface area contributed by atoms with Crippen LogP contribution in [0.5, 0.6) is 0 Å². The molecule has 1 aliphatic heterocycles. The standard InChI is InChI=1S/C38H41Cl2FN2O.ClH/c1-28-34-27-36(40)35(39)26-30(34)20-25-43(28)24-9-22-38(31-10-4-2-5-11-31,32-12-6-3-7-13-32)21-8-23-42-37(44)19-16-29-14-17-33(41)18-15-29;/h2-7,10-15,17-18,26-28H,8-9,16,19-25H2,1H3,(H,42,44);1H. The summed E-state index contributed by atoms with van der Waals surface area (Å²) in [6, 6.07) is 32.4. The van der Waals surface area contributed by atoms with Gasteiger partial charge in [-0.2, -0.15) is 0 Å². The first-order chi connectivity index (χ1) is 21.4.